The predicted molar refractivity (Wildman–Crippen MR) is 115 cm³/mol. The second-order valence-electron chi connectivity index (χ2n) is 7.65. The molecule has 0 amide bonds. The molecule has 2 atom stereocenters. The second-order valence-corrected chi connectivity index (χ2v) is 8.87. The van der Waals surface area contributed by atoms with Crippen LogP contribution in [0.2, 0.25) is 15.1 Å². The molecule has 0 radical (unpaired) electrons. The number of anilines is 1. The van der Waals surface area contributed by atoms with E-state index in [1.54, 1.807) is 22.8 Å². The van der Waals surface area contributed by atoms with Gasteiger partial charge in [0.15, 0.2) is 0 Å². The monoisotopic (exact) mass is 440 g/mol. The average Bonchev–Trinajstić information content (AvgIpc) is 3.13. The molecule has 1 aromatic heterocycles. The minimum absolute atomic E-state index is 0.0938. The molecule has 0 N–H and O–H groups in total. The summed E-state index contributed by atoms with van der Waals surface area (Å²) in [5.41, 5.74) is 0.757. The van der Waals surface area contributed by atoms with Gasteiger partial charge in [0.1, 0.15) is 10.8 Å². The summed E-state index contributed by atoms with van der Waals surface area (Å²) in [5, 5.41) is 1.52. The van der Waals surface area contributed by atoms with Crippen molar-refractivity contribution in [2.45, 2.75) is 26.3 Å². The lowest BCUT2D eigenvalue weighted by atomic mass is 10.2. The van der Waals surface area contributed by atoms with Crippen LogP contribution in [0, 0.1) is 17.8 Å². The molecule has 2 heterocycles. The Morgan fingerprint density at radius 1 is 1.14 bits per heavy atom. The van der Waals surface area contributed by atoms with Gasteiger partial charge in [-0.15, -0.1) is 0 Å². The van der Waals surface area contributed by atoms with Crippen LogP contribution < -0.4 is 15.2 Å². The summed E-state index contributed by atoms with van der Waals surface area (Å²) in [6.07, 6.45) is 3.89. The van der Waals surface area contributed by atoms with Gasteiger partial charge < -0.3 is 14.2 Å². The fourth-order valence-electron chi connectivity index (χ4n) is 4.15. The third-order valence-corrected chi connectivity index (χ3v) is 6.78. The quantitative estimate of drug-likeness (QED) is 0.579. The molecular formula is C21H23Cl3N2O2. The van der Waals surface area contributed by atoms with Crippen LogP contribution >= 0.6 is 34.8 Å². The molecular weight excluding hydrogens is 419 g/mol. The number of nitrogens with zero attached hydrogens (tertiary/aromatic N) is 2. The SMILES string of the molecule is CCCCn1ccc(N2CC3C(COc4cc(Cl)ccc4Cl)C3C2)c(Cl)c1=O. The number of fused-ring (bicyclic) bond motifs is 1. The van der Waals surface area contributed by atoms with E-state index in [0.717, 1.165) is 31.6 Å². The number of benzene rings is 1. The zero-order chi connectivity index (χ0) is 19.8. The number of pyridine rings is 1. The van der Waals surface area contributed by atoms with Gasteiger partial charge in [-0.05, 0) is 36.5 Å². The summed E-state index contributed by atoms with van der Waals surface area (Å²) >= 11 is 18.6. The number of piperidine rings is 1. The van der Waals surface area contributed by atoms with Crippen LogP contribution in [0.1, 0.15) is 19.8 Å². The molecule has 1 aliphatic heterocycles. The van der Waals surface area contributed by atoms with Crippen LogP contribution in [0.5, 0.6) is 5.75 Å². The van der Waals surface area contributed by atoms with E-state index in [-0.39, 0.29) is 5.56 Å². The van der Waals surface area contributed by atoms with Gasteiger partial charge in [0, 0.05) is 42.8 Å². The first kappa shape index (κ1) is 19.9. The highest BCUT2D eigenvalue weighted by molar-refractivity contribution is 6.34. The Bertz CT molecular complexity index is 918. The van der Waals surface area contributed by atoms with Gasteiger partial charge in [0.2, 0.25) is 0 Å². The van der Waals surface area contributed by atoms with Gasteiger partial charge in [-0.1, -0.05) is 48.1 Å². The Kier molecular flexibility index (Phi) is 5.82. The van der Waals surface area contributed by atoms with E-state index in [9.17, 15) is 4.79 Å². The minimum Gasteiger partial charge on any atom is -0.492 e. The predicted octanol–water partition coefficient (Wildman–Crippen LogP) is 5.37. The van der Waals surface area contributed by atoms with Gasteiger partial charge in [-0.25, -0.2) is 0 Å². The fourth-order valence-corrected chi connectivity index (χ4v) is 4.78. The molecule has 0 spiro atoms. The molecule has 2 fully saturated rings. The van der Waals surface area contributed by atoms with E-state index in [1.165, 1.54) is 0 Å². The summed E-state index contributed by atoms with van der Waals surface area (Å²) in [6.45, 7) is 5.26. The number of hydrogen-bond acceptors (Lipinski definition) is 3. The number of ether oxygens (including phenoxy) is 1. The fraction of sp³-hybridized carbons (Fsp3) is 0.476. The van der Waals surface area contributed by atoms with Crippen LogP contribution in [0.3, 0.4) is 0 Å². The van der Waals surface area contributed by atoms with Crippen molar-refractivity contribution in [2.75, 3.05) is 24.6 Å². The van der Waals surface area contributed by atoms with Crippen LogP contribution in [0.15, 0.2) is 35.3 Å². The van der Waals surface area contributed by atoms with Crippen molar-refractivity contribution in [3.05, 3.63) is 55.9 Å². The summed E-state index contributed by atoms with van der Waals surface area (Å²) in [6, 6.07) is 7.22. The molecule has 1 aromatic carbocycles. The Morgan fingerprint density at radius 3 is 2.61 bits per heavy atom. The number of rotatable bonds is 7. The van der Waals surface area contributed by atoms with E-state index in [2.05, 4.69) is 11.8 Å². The zero-order valence-electron chi connectivity index (χ0n) is 15.7. The van der Waals surface area contributed by atoms with Crippen molar-refractivity contribution < 1.29 is 4.74 Å². The van der Waals surface area contributed by atoms with Crippen LogP contribution in [-0.2, 0) is 6.54 Å². The second kappa shape index (κ2) is 8.17. The van der Waals surface area contributed by atoms with Gasteiger partial charge in [-0.3, -0.25) is 4.79 Å². The molecule has 7 heteroatoms. The Balaban J connectivity index is 1.35. The van der Waals surface area contributed by atoms with E-state index >= 15 is 0 Å². The summed E-state index contributed by atoms with van der Waals surface area (Å²) in [5.74, 6) is 2.28. The van der Waals surface area contributed by atoms with E-state index in [4.69, 9.17) is 39.5 Å². The molecule has 28 heavy (non-hydrogen) atoms. The highest BCUT2D eigenvalue weighted by Gasteiger charge is 2.56. The highest BCUT2D eigenvalue weighted by atomic mass is 35.5. The summed E-state index contributed by atoms with van der Waals surface area (Å²) in [4.78, 5) is 14.7. The lowest BCUT2D eigenvalue weighted by molar-refractivity contribution is 0.283. The minimum atomic E-state index is -0.0938. The number of halogens is 3. The molecule has 4 nitrogen and oxygen atoms in total. The van der Waals surface area contributed by atoms with Crippen molar-refractivity contribution in [3.8, 4) is 5.75 Å². The molecule has 4 rings (SSSR count). The van der Waals surface area contributed by atoms with Crippen molar-refractivity contribution in [3.63, 3.8) is 0 Å². The van der Waals surface area contributed by atoms with Crippen molar-refractivity contribution in [1.29, 1.82) is 0 Å². The first-order chi connectivity index (χ1) is 13.5. The van der Waals surface area contributed by atoms with E-state index in [0.29, 0.717) is 51.7 Å². The molecule has 2 aliphatic rings. The van der Waals surface area contributed by atoms with Crippen LogP contribution in [-0.4, -0.2) is 24.3 Å². The Labute approximate surface area is 180 Å². The largest absolute Gasteiger partial charge is 0.492 e. The van der Waals surface area contributed by atoms with Gasteiger partial charge in [-0.2, -0.15) is 0 Å². The first-order valence-electron chi connectivity index (χ1n) is 9.71. The van der Waals surface area contributed by atoms with Gasteiger partial charge in [0.25, 0.3) is 5.56 Å². The molecule has 150 valence electrons. The molecule has 0 bridgehead atoms. The third kappa shape index (κ3) is 3.87. The van der Waals surface area contributed by atoms with E-state index < -0.39 is 0 Å². The molecule has 2 aromatic rings. The standard InChI is InChI=1S/C21H23Cl3N2O2/c1-2-3-7-25-8-6-18(20(24)21(25)27)26-10-14-15(11-26)16(14)12-28-19-9-13(22)4-5-17(19)23/h4-6,8-9,14-16H,2-3,7,10-12H2,1H3. The van der Waals surface area contributed by atoms with Crippen LogP contribution in [0.4, 0.5) is 5.69 Å². The lowest BCUT2D eigenvalue weighted by Gasteiger charge is -2.23. The van der Waals surface area contributed by atoms with Crippen molar-refractivity contribution in [1.82, 2.24) is 4.57 Å². The topological polar surface area (TPSA) is 34.5 Å². The highest BCUT2D eigenvalue weighted by Crippen LogP contribution is 2.53. The lowest BCUT2D eigenvalue weighted by Crippen LogP contribution is -2.29. The van der Waals surface area contributed by atoms with Crippen LogP contribution in [0.25, 0.3) is 0 Å². The number of aromatic nitrogens is 1. The normalized spacial score (nSPS) is 23.0. The molecule has 1 saturated carbocycles. The Hall–Kier alpha value is -1.36. The van der Waals surface area contributed by atoms with Crippen molar-refractivity contribution in [2.24, 2.45) is 17.8 Å². The number of hydrogen-bond donors (Lipinski definition) is 0. The zero-order valence-corrected chi connectivity index (χ0v) is 18.0. The number of aryl methyl sites for hydroxylation is 1. The van der Waals surface area contributed by atoms with Gasteiger partial charge >= 0.3 is 0 Å². The molecule has 1 saturated heterocycles. The maximum atomic E-state index is 12.5. The average molecular weight is 442 g/mol. The van der Waals surface area contributed by atoms with Gasteiger partial charge in [0.05, 0.1) is 17.3 Å². The van der Waals surface area contributed by atoms with Crippen molar-refractivity contribution >= 4 is 40.5 Å². The maximum absolute atomic E-state index is 12.5. The number of unbranched alkanes of at least 4 members (excludes halogenated alkanes) is 1. The molecule has 2 unspecified atom stereocenters. The summed E-state index contributed by atoms with van der Waals surface area (Å²) in [7, 11) is 0. The first-order valence-corrected chi connectivity index (χ1v) is 10.8. The Morgan fingerprint density at radius 2 is 1.89 bits per heavy atom. The smallest absolute Gasteiger partial charge is 0.271 e. The summed E-state index contributed by atoms with van der Waals surface area (Å²) < 4.78 is 7.61. The van der Waals surface area contributed by atoms with E-state index in [1.807, 2.05) is 12.3 Å². The third-order valence-electron chi connectivity index (χ3n) is 5.88. The molecule has 1 aliphatic carbocycles. The maximum Gasteiger partial charge on any atom is 0.271 e.